The highest BCUT2D eigenvalue weighted by atomic mass is 28.4. The summed E-state index contributed by atoms with van der Waals surface area (Å²) in [7, 11) is -2.80. The van der Waals surface area contributed by atoms with Crippen LogP contribution in [0.1, 0.15) is 65.2 Å². The largest absolute Gasteiger partial charge is 0.501 e. The van der Waals surface area contributed by atoms with E-state index >= 15 is 0 Å². The van der Waals surface area contributed by atoms with Crippen LogP contribution in [0.3, 0.4) is 0 Å². The summed E-state index contributed by atoms with van der Waals surface area (Å²) >= 11 is 0. The van der Waals surface area contributed by atoms with E-state index in [9.17, 15) is 0 Å². The molecule has 0 saturated heterocycles. The van der Waals surface area contributed by atoms with Crippen molar-refractivity contribution in [1.82, 2.24) is 0 Å². The van der Waals surface area contributed by atoms with Gasteiger partial charge in [0, 0.05) is 19.3 Å². The van der Waals surface area contributed by atoms with Gasteiger partial charge >= 0.3 is 8.80 Å². The molecule has 8 N–H and O–H groups in total. The van der Waals surface area contributed by atoms with Crippen LogP contribution in [0.25, 0.3) is 0 Å². The summed E-state index contributed by atoms with van der Waals surface area (Å²) in [5, 5.41) is 0. The molecule has 0 aromatic rings. The molecule has 0 spiro atoms. The summed E-state index contributed by atoms with van der Waals surface area (Å²) in [5.74, 6) is 0. The molecule has 0 radical (unpaired) electrons. The highest BCUT2D eigenvalue weighted by Gasteiger charge is 2.47. The number of rotatable bonds is 19. The fourth-order valence-corrected chi connectivity index (χ4v) is 6.43. The molecule has 0 aliphatic rings. The molecule has 0 aliphatic heterocycles. The summed E-state index contributed by atoms with van der Waals surface area (Å²) in [6.45, 7) is 7.70. The smallest absolute Gasteiger partial charge is 0.374 e. The molecule has 0 amide bonds. The van der Waals surface area contributed by atoms with E-state index in [0.29, 0.717) is 39.4 Å². The lowest BCUT2D eigenvalue weighted by atomic mass is 9.87. The van der Waals surface area contributed by atoms with Crippen molar-refractivity contribution in [1.29, 1.82) is 0 Å². The van der Waals surface area contributed by atoms with Crippen LogP contribution in [-0.2, 0) is 13.3 Å². The van der Waals surface area contributed by atoms with Crippen molar-refractivity contribution in [2.75, 3.05) is 39.4 Å². The molecule has 158 valence electrons. The van der Waals surface area contributed by atoms with E-state index in [4.69, 9.17) is 36.2 Å². The maximum atomic E-state index is 6.85. The molecule has 0 aliphatic carbocycles. The number of hydrogen-bond acceptors (Lipinski definition) is 7. The standard InChI is InChI=1S/C18H44N4O3Si/c1-3-23-26(24-4-2,17-9-16-22)25-18(11-7-14-20,12-8-15-21)10-5-6-13-19/h3-17,19-22H2,1-2H3. The van der Waals surface area contributed by atoms with E-state index in [-0.39, 0.29) is 5.60 Å². The van der Waals surface area contributed by atoms with Gasteiger partial charge in [-0.05, 0) is 91.4 Å². The van der Waals surface area contributed by atoms with Gasteiger partial charge < -0.3 is 36.2 Å². The maximum Gasteiger partial charge on any atom is 0.501 e. The molecule has 0 aromatic heterocycles. The first-order valence-electron chi connectivity index (χ1n) is 10.4. The SMILES string of the molecule is CCO[Si](CCCN)(OCC)OC(CCCN)(CCCN)CCCCN. The first-order chi connectivity index (χ1) is 12.6. The monoisotopic (exact) mass is 392 g/mol. The molecule has 0 rings (SSSR count). The third kappa shape index (κ3) is 10.3. The molecular weight excluding hydrogens is 348 g/mol. The van der Waals surface area contributed by atoms with Crippen molar-refractivity contribution in [2.24, 2.45) is 22.9 Å². The lowest BCUT2D eigenvalue weighted by Crippen LogP contribution is -2.54. The first kappa shape index (κ1) is 25.9. The van der Waals surface area contributed by atoms with E-state index in [1.807, 2.05) is 13.8 Å². The van der Waals surface area contributed by atoms with Crippen molar-refractivity contribution < 1.29 is 13.3 Å². The van der Waals surface area contributed by atoms with Crippen molar-refractivity contribution in [3.63, 3.8) is 0 Å². The van der Waals surface area contributed by atoms with Gasteiger partial charge in [0.05, 0.1) is 5.60 Å². The van der Waals surface area contributed by atoms with E-state index in [2.05, 4.69) is 0 Å². The lowest BCUT2D eigenvalue weighted by molar-refractivity contribution is -0.0477. The van der Waals surface area contributed by atoms with Crippen LogP contribution in [0.4, 0.5) is 0 Å². The molecule has 7 nitrogen and oxygen atoms in total. The van der Waals surface area contributed by atoms with Gasteiger partial charge in [0.15, 0.2) is 0 Å². The van der Waals surface area contributed by atoms with Crippen molar-refractivity contribution >= 4 is 8.80 Å². The molecule has 0 unspecified atom stereocenters. The molecule has 0 saturated carbocycles. The molecule has 0 bridgehead atoms. The fraction of sp³-hybridized carbons (Fsp3) is 1.00. The Balaban J connectivity index is 5.54. The Hall–Kier alpha value is -0.0631. The average molecular weight is 393 g/mol. The average Bonchev–Trinajstić information content (AvgIpc) is 2.63. The van der Waals surface area contributed by atoms with Crippen molar-refractivity contribution in [3.05, 3.63) is 0 Å². The number of nitrogens with two attached hydrogens (primary N) is 4. The molecule has 0 fully saturated rings. The van der Waals surface area contributed by atoms with E-state index in [1.165, 1.54) is 0 Å². The third-order valence-electron chi connectivity index (χ3n) is 4.55. The first-order valence-corrected chi connectivity index (χ1v) is 12.3. The summed E-state index contributed by atoms with van der Waals surface area (Å²) < 4.78 is 19.1. The zero-order valence-corrected chi connectivity index (χ0v) is 18.1. The lowest BCUT2D eigenvalue weighted by Gasteiger charge is -2.42. The number of unbranched alkanes of at least 4 members (excludes halogenated alkanes) is 1. The minimum atomic E-state index is -2.80. The van der Waals surface area contributed by atoms with Gasteiger partial charge in [-0.3, -0.25) is 0 Å². The maximum absolute atomic E-state index is 6.85. The Morgan fingerprint density at radius 2 is 1.12 bits per heavy atom. The second-order valence-corrected chi connectivity index (χ2v) is 9.40. The van der Waals surface area contributed by atoms with Crippen LogP contribution in [0.2, 0.25) is 6.04 Å². The normalized spacial score (nSPS) is 12.7. The van der Waals surface area contributed by atoms with Crippen molar-refractivity contribution in [2.45, 2.75) is 76.9 Å². The highest BCUT2D eigenvalue weighted by molar-refractivity contribution is 6.60. The van der Waals surface area contributed by atoms with Gasteiger partial charge in [-0.2, -0.15) is 0 Å². The van der Waals surface area contributed by atoms with Crippen LogP contribution in [0.15, 0.2) is 0 Å². The van der Waals surface area contributed by atoms with Gasteiger partial charge in [-0.1, -0.05) is 0 Å². The molecule has 8 heteroatoms. The van der Waals surface area contributed by atoms with Crippen LogP contribution in [0.5, 0.6) is 0 Å². The van der Waals surface area contributed by atoms with Crippen LogP contribution >= 0.6 is 0 Å². The second kappa shape index (κ2) is 15.9. The molecule has 0 atom stereocenters. The minimum absolute atomic E-state index is 0.306. The van der Waals surface area contributed by atoms with Gasteiger partial charge in [0.1, 0.15) is 0 Å². The molecule has 26 heavy (non-hydrogen) atoms. The van der Waals surface area contributed by atoms with Gasteiger partial charge in [0.25, 0.3) is 0 Å². The van der Waals surface area contributed by atoms with Crippen molar-refractivity contribution in [3.8, 4) is 0 Å². The van der Waals surface area contributed by atoms with E-state index in [0.717, 1.165) is 57.4 Å². The van der Waals surface area contributed by atoms with Crippen LogP contribution < -0.4 is 22.9 Å². The molecular formula is C18H44N4O3Si. The van der Waals surface area contributed by atoms with Gasteiger partial charge in [-0.25, -0.2) is 0 Å². The predicted octanol–water partition coefficient (Wildman–Crippen LogP) is 1.71. The van der Waals surface area contributed by atoms with Gasteiger partial charge in [-0.15, -0.1) is 0 Å². The van der Waals surface area contributed by atoms with E-state index in [1.54, 1.807) is 0 Å². The molecule has 0 heterocycles. The second-order valence-electron chi connectivity index (χ2n) is 6.76. The van der Waals surface area contributed by atoms with Crippen LogP contribution in [0, 0.1) is 0 Å². The summed E-state index contributed by atoms with van der Waals surface area (Å²) in [4.78, 5) is 0. The van der Waals surface area contributed by atoms with E-state index < -0.39 is 8.80 Å². The summed E-state index contributed by atoms with van der Waals surface area (Å²) in [5.41, 5.74) is 22.8. The Kier molecular flexibility index (Phi) is 15.9. The third-order valence-corrected chi connectivity index (χ3v) is 7.71. The highest BCUT2D eigenvalue weighted by Crippen LogP contribution is 2.35. The Bertz CT molecular complexity index is 311. The quantitative estimate of drug-likeness (QED) is 0.194. The predicted molar refractivity (Wildman–Crippen MR) is 111 cm³/mol. The van der Waals surface area contributed by atoms with Crippen LogP contribution in [-0.4, -0.2) is 53.8 Å². The zero-order valence-electron chi connectivity index (χ0n) is 17.1. The Labute approximate surface area is 161 Å². The molecule has 0 aromatic carbocycles. The topological polar surface area (TPSA) is 132 Å². The summed E-state index contributed by atoms with van der Waals surface area (Å²) in [6.07, 6.45) is 7.37. The number of hydrogen-bond donors (Lipinski definition) is 4. The van der Waals surface area contributed by atoms with Gasteiger partial charge in [0.2, 0.25) is 0 Å². The Morgan fingerprint density at radius 1 is 0.654 bits per heavy atom. The Morgan fingerprint density at radius 3 is 1.54 bits per heavy atom. The zero-order chi connectivity index (χ0) is 19.7. The minimum Gasteiger partial charge on any atom is -0.374 e. The summed E-state index contributed by atoms with van der Waals surface area (Å²) in [6, 6.07) is 0.745. The fourth-order valence-electron chi connectivity index (χ4n) is 3.35.